The molecule has 1 rings (SSSR count). The van der Waals surface area contributed by atoms with Gasteiger partial charge in [-0.3, -0.25) is 0 Å². The Balaban J connectivity index is 2.84. The lowest BCUT2D eigenvalue weighted by atomic mass is 10.4. The third-order valence-corrected chi connectivity index (χ3v) is 4.88. The van der Waals surface area contributed by atoms with Crippen LogP contribution < -0.4 is 0 Å². The molecular formula is C12H20ClN3O2S. The van der Waals surface area contributed by atoms with Crippen molar-refractivity contribution in [3.05, 3.63) is 23.5 Å². The summed E-state index contributed by atoms with van der Waals surface area (Å²) in [6, 6.07) is 2.85. The normalized spacial score (nSPS) is 12.3. The van der Waals surface area contributed by atoms with Crippen molar-refractivity contribution in [2.24, 2.45) is 0 Å². The first-order chi connectivity index (χ1) is 8.87. The Morgan fingerprint density at radius 2 is 2.00 bits per heavy atom. The van der Waals surface area contributed by atoms with Crippen LogP contribution in [0.4, 0.5) is 0 Å². The van der Waals surface area contributed by atoms with Gasteiger partial charge >= 0.3 is 0 Å². The minimum Gasteiger partial charge on any atom is -0.309 e. The van der Waals surface area contributed by atoms with Crippen molar-refractivity contribution < 1.29 is 8.42 Å². The van der Waals surface area contributed by atoms with Crippen LogP contribution in [0.1, 0.15) is 13.3 Å². The van der Waals surface area contributed by atoms with E-state index in [1.807, 2.05) is 25.9 Å². The highest BCUT2D eigenvalue weighted by Gasteiger charge is 2.22. The highest BCUT2D eigenvalue weighted by molar-refractivity contribution is 7.89. The van der Waals surface area contributed by atoms with Crippen molar-refractivity contribution >= 4 is 21.6 Å². The van der Waals surface area contributed by atoms with E-state index in [1.54, 1.807) is 0 Å². The standard InChI is InChI=1S/C12H20ClN3O2S/c1-4-16(9-5-8-15(2)3)19(17,18)11-6-7-14-12(13)10-11/h6-7,10H,4-5,8-9H2,1-3H3. The highest BCUT2D eigenvalue weighted by Crippen LogP contribution is 2.18. The van der Waals surface area contributed by atoms with Crippen LogP contribution in [0.3, 0.4) is 0 Å². The fourth-order valence-electron chi connectivity index (χ4n) is 1.71. The van der Waals surface area contributed by atoms with E-state index in [0.29, 0.717) is 13.1 Å². The van der Waals surface area contributed by atoms with Crippen LogP contribution in [0.25, 0.3) is 0 Å². The molecule has 0 saturated carbocycles. The number of pyridine rings is 1. The van der Waals surface area contributed by atoms with E-state index in [0.717, 1.165) is 13.0 Å². The second kappa shape index (κ2) is 7.19. The van der Waals surface area contributed by atoms with Crippen LogP contribution in [0.2, 0.25) is 5.15 Å². The van der Waals surface area contributed by atoms with Gasteiger partial charge in [0.15, 0.2) is 0 Å². The average molecular weight is 306 g/mol. The summed E-state index contributed by atoms with van der Waals surface area (Å²) in [5.74, 6) is 0. The van der Waals surface area contributed by atoms with E-state index in [-0.39, 0.29) is 10.0 Å². The fraction of sp³-hybridized carbons (Fsp3) is 0.583. The molecule has 0 radical (unpaired) electrons. The third-order valence-electron chi connectivity index (χ3n) is 2.70. The van der Waals surface area contributed by atoms with Gasteiger partial charge in [0.25, 0.3) is 0 Å². The first-order valence-corrected chi connectivity index (χ1v) is 7.96. The maximum absolute atomic E-state index is 12.4. The molecule has 0 aliphatic heterocycles. The lowest BCUT2D eigenvalue weighted by Gasteiger charge is -2.21. The van der Waals surface area contributed by atoms with Crippen LogP contribution in [-0.2, 0) is 10.0 Å². The topological polar surface area (TPSA) is 53.5 Å². The number of sulfonamides is 1. The second-order valence-corrected chi connectivity index (χ2v) is 6.79. The average Bonchev–Trinajstić information content (AvgIpc) is 2.34. The monoisotopic (exact) mass is 305 g/mol. The first-order valence-electron chi connectivity index (χ1n) is 6.14. The minimum atomic E-state index is -3.48. The van der Waals surface area contributed by atoms with E-state index in [9.17, 15) is 8.42 Å². The summed E-state index contributed by atoms with van der Waals surface area (Å²) in [5.41, 5.74) is 0. The number of rotatable bonds is 7. The second-order valence-electron chi connectivity index (χ2n) is 4.47. The first kappa shape index (κ1) is 16.4. The van der Waals surface area contributed by atoms with Crippen molar-refractivity contribution in [3.8, 4) is 0 Å². The maximum Gasteiger partial charge on any atom is 0.243 e. The summed E-state index contributed by atoms with van der Waals surface area (Å²) in [7, 11) is 0.450. The molecule has 7 heteroatoms. The highest BCUT2D eigenvalue weighted by atomic mass is 35.5. The van der Waals surface area contributed by atoms with Gasteiger partial charge in [-0.1, -0.05) is 18.5 Å². The molecule has 0 saturated heterocycles. The number of hydrogen-bond donors (Lipinski definition) is 0. The van der Waals surface area contributed by atoms with Crippen LogP contribution in [0, 0.1) is 0 Å². The Bertz CT molecular complexity index is 505. The predicted molar refractivity (Wildman–Crippen MR) is 76.9 cm³/mol. The zero-order chi connectivity index (χ0) is 14.5. The van der Waals surface area contributed by atoms with Crippen LogP contribution in [0.5, 0.6) is 0 Å². The molecule has 5 nitrogen and oxygen atoms in total. The molecule has 0 fully saturated rings. The molecular weight excluding hydrogens is 286 g/mol. The van der Waals surface area contributed by atoms with Gasteiger partial charge in [0.1, 0.15) is 5.15 Å². The lowest BCUT2D eigenvalue weighted by Crippen LogP contribution is -2.33. The largest absolute Gasteiger partial charge is 0.309 e. The molecule has 1 aromatic heterocycles. The zero-order valence-corrected chi connectivity index (χ0v) is 13.1. The Morgan fingerprint density at radius 1 is 1.32 bits per heavy atom. The van der Waals surface area contributed by atoms with Crippen molar-refractivity contribution in [2.75, 3.05) is 33.7 Å². The number of hydrogen-bond acceptors (Lipinski definition) is 4. The molecule has 19 heavy (non-hydrogen) atoms. The third kappa shape index (κ3) is 4.72. The summed E-state index contributed by atoms with van der Waals surface area (Å²) < 4.78 is 26.3. The Labute approximate surface area is 120 Å². The maximum atomic E-state index is 12.4. The predicted octanol–water partition coefficient (Wildman–Crippen LogP) is 1.70. The SMILES string of the molecule is CCN(CCCN(C)C)S(=O)(=O)c1ccnc(Cl)c1. The van der Waals surface area contributed by atoms with E-state index in [1.165, 1.54) is 22.6 Å². The molecule has 0 atom stereocenters. The number of aromatic nitrogens is 1. The Hall–Kier alpha value is -0.690. The minimum absolute atomic E-state index is 0.186. The summed E-state index contributed by atoms with van der Waals surface area (Å²) >= 11 is 5.74. The van der Waals surface area contributed by atoms with E-state index >= 15 is 0 Å². The van der Waals surface area contributed by atoms with Gasteiger partial charge < -0.3 is 4.90 Å². The molecule has 0 aliphatic carbocycles. The molecule has 0 spiro atoms. The Morgan fingerprint density at radius 3 is 2.53 bits per heavy atom. The summed E-state index contributed by atoms with van der Waals surface area (Å²) in [4.78, 5) is 6.02. The van der Waals surface area contributed by atoms with Gasteiger partial charge in [0, 0.05) is 19.3 Å². The summed E-state index contributed by atoms with van der Waals surface area (Å²) in [5, 5.41) is 0.186. The van der Waals surface area contributed by atoms with Gasteiger partial charge in [-0.05, 0) is 39.2 Å². The van der Waals surface area contributed by atoms with E-state index in [2.05, 4.69) is 4.98 Å². The molecule has 1 heterocycles. The number of halogens is 1. The van der Waals surface area contributed by atoms with Crippen molar-refractivity contribution in [3.63, 3.8) is 0 Å². The van der Waals surface area contributed by atoms with E-state index in [4.69, 9.17) is 11.6 Å². The van der Waals surface area contributed by atoms with Gasteiger partial charge in [-0.25, -0.2) is 13.4 Å². The van der Waals surface area contributed by atoms with E-state index < -0.39 is 10.0 Å². The molecule has 0 unspecified atom stereocenters. The molecule has 0 aromatic carbocycles. The van der Waals surface area contributed by atoms with Gasteiger partial charge in [0.05, 0.1) is 4.90 Å². The molecule has 108 valence electrons. The quantitative estimate of drug-likeness (QED) is 0.720. The van der Waals surface area contributed by atoms with Crippen LogP contribution in [-0.4, -0.2) is 56.3 Å². The fourth-order valence-corrected chi connectivity index (χ4v) is 3.45. The molecule has 0 N–H and O–H groups in total. The van der Waals surface area contributed by atoms with Crippen molar-refractivity contribution in [1.82, 2.24) is 14.2 Å². The molecule has 0 amide bonds. The smallest absolute Gasteiger partial charge is 0.243 e. The van der Waals surface area contributed by atoms with Crippen LogP contribution >= 0.6 is 11.6 Å². The van der Waals surface area contributed by atoms with Gasteiger partial charge in [-0.15, -0.1) is 0 Å². The Kier molecular flexibility index (Phi) is 6.19. The molecule has 0 bridgehead atoms. The van der Waals surface area contributed by atoms with Gasteiger partial charge in [-0.2, -0.15) is 4.31 Å². The lowest BCUT2D eigenvalue weighted by molar-refractivity contribution is 0.356. The number of nitrogens with zero attached hydrogens (tertiary/aromatic N) is 3. The van der Waals surface area contributed by atoms with Crippen molar-refractivity contribution in [2.45, 2.75) is 18.2 Å². The summed E-state index contributed by atoms with van der Waals surface area (Å²) in [6.07, 6.45) is 2.20. The van der Waals surface area contributed by atoms with Gasteiger partial charge in [0.2, 0.25) is 10.0 Å². The molecule has 0 aliphatic rings. The van der Waals surface area contributed by atoms with Crippen LogP contribution in [0.15, 0.2) is 23.2 Å². The summed E-state index contributed by atoms with van der Waals surface area (Å²) in [6.45, 7) is 3.62. The zero-order valence-electron chi connectivity index (χ0n) is 11.5. The van der Waals surface area contributed by atoms with Crippen molar-refractivity contribution in [1.29, 1.82) is 0 Å². The molecule has 1 aromatic rings.